The third-order valence-electron chi connectivity index (χ3n) is 2.86. The predicted molar refractivity (Wildman–Crippen MR) is 72.8 cm³/mol. The molecule has 0 aromatic heterocycles. The van der Waals surface area contributed by atoms with E-state index in [2.05, 4.69) is 5.32 Å². The van der Waals surface area contributed by atoms with Gasteiger partial charge in [0.15, 0.2) is 0 Å². The van der Waals surface area contributed by atoms with Crippen LogP contribution in [0.4, 0.5) is 18.9 Å². The van der Waals surface area contributed by atoms with Crippen LogP contribution in [0.25, 0.3) is 0 Å². The van der Waals surface area contributed by atoms with E-state index >= 15 is 0 Å². The molecule has 1 amide bonds. The molecule has 0 spiro atoms. The molecule has 0 radical (unpaired) electrons. The minimum atomic E-state index is -4.64. The first-order valence-electron chi connectivity index (χ1n) is 6.10. The summed E-state index contributed by atoms with van der Waals surface area (Å²) in [7, 11) is 0. The Bertz CT molecular complexity index is 712. The van der Waals surface area contributed by atoms with Crippen molar-refractivity contribution in [1.29, 1.82) is 0 Å². The third kappa shape index (κ3) is 3.43. The normalized spacial score (nSPS) is 11.0. The Morgan fingerprint density at radius 1 is 1.00 bits per heavy atom. The number of carbonyl (C=O) groups is 2. The van der Waals surface area contributed by atoms with Gasteiger partial charge in [0.2, 0.25) is 0 Å². The summed E-state index contributed by atoms with van der Waals surface area (Å²) in [5.41, 5.74) is -1.66. The average molecular weight is 309 g/mol. The number of halogens is 3. The van der Waals surface area contributed by atoms with Gasteiger partial charge in [-0.15, -0.1) is 0 Å². The Kier molecular flexibility index (Phi) is 4.16. The molecule has 4 nitrogen and oxygen atoms in total. The lowest BCUT2D eigenvalue weighted by molar-refractivity contribution is -0.137. The molecular formula is C15H10F3NO3. The van der Waals surface area contributed by atoms with Gasteiger partial charge in [0, 0.05) is 5.56 Å². The molecule has 2 N–H and O–H groups in total. The lowest BCUT2D eigenvalue weighted by Gasteiger charge is -2.12. The van der Waals surface area contributed by atoms with Crippen molar-refractivity contribution >= 4 is 17.6 Å². The molecule has 0 aliphatic heterocycles. The van der Waals surface area contributed by atoms with Gasteiger partial charge in [-0.05, 0) is 30.3 Å². The van der Waals surface area contributed by atoms with Crippen molar-refractivity contribution in [2.75, 3.05) is 5.32 Å². The summed E-state index contributed by atoms with van der Waals surface area (Å²) in [6, 6.07) is 9.83. The quantitative estimate of drug-likeness (QED) is 0.909. The summed E-state index contributed by atoms with van der Waals surface area (Å²) in [4.78, 5) is 23.0. The van der Waals surface area contributed by atoms with Crippen molar-refractivity contribution in [2.24, 2.45) is 0 Å². The minimum absolute atomic E-state index is 0.205. The molecule has 0 fully saturated rings. The fraction of sp³-hybridized carbons (Fsp3) is 0.0667. The van der Waals surface area contributed by atoms with Crippen LogP contribution in [0.3, 0.4) is 0 Å². The van der Waals surface area contributed by atoms with E-state index in [-0.39, 0.29) is 5.56 Å². The average Bonchev–Trinajstić information content (AvgIpc) is 2.47. The van der Waals surface area contributed by atoms with Gasteiger partial charge in [-0.3, -0.25) is 4.79 Å². The topological polar surface area (TPSA) is 66.4 Å². The smallest absolute Gasteiger partial charge is 0.416 e. The monoisotopic (exact) mass is 309 g/mol. The second-order valence-corrected chi connectivity index (χ2v) is 4.38. The Hall–Kier alpha value is -2.83. The largest absolute Gasteiger partial charge is 0.478 e. The number of carboxylic acid groups (broad SMARTS) is 1. The van der Waals surface area contributed by atoms with Crippen LogP contribution >= 0.6 is 0 Å². The SMILES string of the molecule is O=C(Nc1cc(C(F)(F)F)ccc1C(=O)O)c1ccccc1. The van der Waals surface area contributed by atoms with Crippen LogP contribution in [0.1, 0.15) is 26.3 Å². The van der Waals surface area contributed by atoms with Crippen molar-refractivity contribution < 1.29 is 27.9 Å². The summed E-state index contributed by atoms with van der Waals surface area (Å²) in [5.74, 6) is -2.13. The lowest BCUT2D eigenvalue weighted by atomic mass is 10.1. The number of anilines is 1. The lowest BCUT2D eigenvalue weighted by Crippen LogP contribution is -2.16. The second kappa shape index (κ2) is 5.88. The number of hydrogen-bond donors (Lipinski definition) is 2. The zero-order valence-electron chi connectivity index (χ0n) is 11.0. The van der Waals surface area contributed by atoms with Crippen molar-refractivity contribution in [3.05, 3.63) is 65.2 Å². The molecule has 0 bridgehead atoms. The van der Waals surface area contributed by atoms with Crippen molar-refractivity contribution in [3.8, 4) is 0 Å². The highest BCUT2D eigenvalue weighted by molar-refractivity contribution is 6.07. The Balaban J connectivity index is 2.39. The van der Waals surface area contributed by atoms with E-state index in [9.17, 15) is 22.8 Å². The molecule has 2 aromatic carbocycles. The highest BCUT2D eigenvalue weighted by atomic mass is 19.4. The molecule has 0 unspecified atom stereocenters. The number of carboxylic acids is 1. The first kappa shape index (κ1) is 15.6. The highest BCUT2D eigenvalue weighted by Gasteiger charge is 2.31. The number of carbonyl (C=O) groups excluding carboxylic acids is 1. The van der Waals surface area contributed by atoms with Crippen LogP contribution in [-0.2, 0) is 6.18 Å². The van der Waals surface area contributed by atoms with E-state index in [0.717, 1.165) is 6.07 Å². The molecule has 2 rings (SSSR count). The maximum Gasteiger partial charge on any atom is 0.416 e. The summed E-state index contributed by atoms with van der Waals surface area (Å²) >= 11 is 0. The van der Waals surface area contributed by atoms with Gasteiger partial charge in [0.25, 0.3) is 5.91 Å². The number of benzene rings is 2. The molecular weight excluding hydrogens is 299 g/mol. The summed E-state index contributed by atoms with van der Waals surface area (Å²) in [6.45, 7) is 0. The van der Waals surface area contributed by atoms with Crippen molar-refractivity contribution in [3.63, 3.8) is 0 Å². The van der Waals surface area contributed by atoms with E-state index in [1.807, 2.05) is 0 Å². The Morgan fingerprint density at radius 2 is 1.64 bits per heavy atom. The number of alkyl halides is 3. The molecule has 22 heavy (non-hydrogen) atoms. The summed E-state index contributed by atoms with van der Waals surface area (Å²) < 4.78 is 38.1. The number of hydrogen-bond acceptors (Lipinski definition) is 2. The summed E-state index contributed by atoms with van der Waals surface area (Å²) in [5, 5.41) is 11.2. The van der Waals surface area contributed by atoms with E-state index in [1.165, 1.54) is 12.1 Å². The van der Waals surface area contributed by atoms with E-state index in [0.29, 0.717) is 12.1 Å². The van der Waals surface area contributed by atoms with Gasteiger partial charge in [-0.1, -0.05) is 18.2 Å². The Morgan fingerprint density at radius 3 is 2.18 bits per heavy atom. The zero-order chi connectivity index (χ0) is 16.3. The van der Waals surface area contributed by atoms with Gasteiger partial charge in [0.05, 0.1) is 16.8 Å². The van der Waals surface area contributed by atoms with Crippen LogP contribution in [0, 0.1) is 0 Å². The van der Waals surface area contributed by atoms with E-state index in [1.54, 1.807) is 18.2 Å². The highest BCUT2D eigenvalue weighted by Crippen LogP contribution is 2.32. The van der Waals surface area contributed by atoms with Crippen LogP contribution in [0.5, 0.6) is 0 Å². The number of aromatic carboxylic acids is 1. The summed E-state index contributed by atoms with van der Waals surface area (Å²) in [6.07, 6.45) is -4.64. The van der Waals surface area contributed by atoms with E-state index < -0.39 is 34.9 Å². The van der Waals surface area contributed by atoms with Crippen LogP contribution < -0.4 is 5.32 Å². The standard InChI is InChI=1S/C15H10F3NO3/c16-15(17,18)10-6-7-11(14(21)22)12(8-10)19-13(20)9-4-2-1-3-5-9/h1-8H,(H,19,20)(H,21,22). The molecule has 0 saturated carbocycles. The zero-order valence-corrected chi connectivity index (χ0v) is 11.0. The third-order valence-corrected chi connectivity index (χ3v) is 2.86. The molecule has 0 aliphatic carbocycles. The maximum absolute atomic E-state index is 12.7. The molecule has 0 saturated heterocycles. The van der Waals surface area contributed by atoms with Gasteiger partial charge in [0.1, 0.15) is 0 Å². The van der Waals surface area contributed by atoms with Crippen molar-refractivity contribution in [1.82, 2.24) is 0 Å². The second-order valence-electron chi connectivity index (χ2n) is 4.38. The first-order valence-corrected chi connectivity index (χ1v) is 6.10. The van der Waals surface area contributed by atoms with Crippen LogP contribution in [0.15, 0.2) is 48.5 Å². The fourth-order valence-corrected chi connectivity index (χ4v) is 1.79. The van der Waals surface area contributed by atoms with Gasteiger partial charge in [-0.2, -0.15) is 13.2 Å². The molecule has 2 aromatic rings. The first-order chi connectivity index (χ1) is 10.3. The molecule has 0 aliphatic rings. The van der Waals surface area contributed by atoms with Gasteiger partial charge < -0.3 is 10.4 Å². The van der Waals surface area contributed by atoms with Crippen LogP contribution in [0.2, 0.25) is 0 Å². The number of amides is 1. The fourth-order valence-electron chi connectivity index (χ4n) is 1.79. The molecule has 7 heteroatoms. The van der Waals surface area contributed by atoms with Gasteiger partial charge in [-0.25, -0.2) is 4.79 Å². The molecule has 0 atom stereocenters. The molecule has 114 valence electrons. The van der Waals surface area contributed by atoms with E-state index in [4.69, 9.17) is 5.11 Å². The number of nitrogens with one attached hydrogen (secondary N) is 1. The van der Waals surface area contributed by atoms with Crippen LogP contribution in [-0.4, -0.2) is 17.0 Å². The predicted octanol–water partition coefficient (Wildman–Crippen LogP) is 3.66. The Labute approximate surface area is 123 Å². The number of rotatable bonds is 3. The van der Waals surface area contributed by atoms with Crippen molar-refractivity contribution in [2.45, 2.75) is 6.18 Å². The maximum atomic E-state index is 12.7. The van der Waals surface area contributed by atoms with Gasteiger partial charge >= 0.3 is 12.1 Å². The minimum Gasteiger partial charge on any atom is -0.478 e. The molecule has 0 heterocycles.